The summed E-state index contributed by atoms with van der Waals surface area (Å²) >= 11 is 0. The van der Waals surface area contributed by atoms with Gasteiger partial charge in [0.2, 0.25) is 0 Å². The van der Waals surface area contributed by atoms with E-state index in [9.17, 15) is 13.2 Å². The number of hydrogen-bond acceptors (Lipinski definition) is 4. The maximum absolute atomic E-state index is 11.9. The van der Waals surface area contributed by atoms with Gasteiger partial charge in [-0.3, -0.25) is 10.0 Å². The van der Waals surface area contributed by atoms with E-state index in [4.69, 9.17) is 5.21 Å². The average molecular weight is 414 g/mol. The van der Waals surface area contributed by atoms with Crippen molar-refractivity contribution in [2.45, 2.75) is 43.8 Å². The smallest absolute Gasteiger partial charge is 0.264 e. The molecule has 0 spiro atoms. The van der Waals surface area contributed by atoms with Crippen molar-refractivity contribution in [3.8, 4) is 11.8 Å². The van der Waals surface area contributed by atoms with Gasteiger partial charge >= 0.3 is 0 Å². The minimum absolute atomic E-state index is 0.173. The first-order valence-electron chi connectivity index (χ1n) is 9.56. The second kappa shape index (κ2) is 10.2. The molecule has 2 rings (SSSR count). The van der Waals surface area contributed by atoms with Gasteiger partial charge in [-0.25, -0.2) is 13.9 Å². The average Bonchev–Trinajstić information content (AvgIpc) is 2.72. The van der Waals surface area contributed by atoms with Crippen LogP contribution >= 0.6 is 0 Å². The topological polar surface area (TPSA) is 83.5 Å². The third-order valence-electron chi connectivity index (χ3n) is 5.10. The van der Waals surface area contributed by atoms with E-state index in [-0.39, 0.29) is 6.42 Å². The Hall–Kier alpha value is -2.62. The molecule has 6 heteroatoms. The molecule has 5 nitrogen and oxygen atoms in total. The van der Waals surface area contributed by atoms with E-state index in [2.05, 4.69) is 24.0 Å². The van der Waals surface area contributed by atoms with Crippen LogP contribution in [0.25, 0.3) is 0 Å². The van der Waals surface area contributed by atoms with Crippen LogP contribution in [0.1, 0.15) is 49.3 Å². The van der Waals surface area contributed by atoms with E-state index in [1.807, 2.05) is 42.5 Å². The molecule has 0 fully saturated rings. The first kappa shape index (κ1) is 22.7. The van der Waals surface area contributed by atoms with E-state index < -0.39 is 20.5 Å². The summed E-state index contributed by atoms with van der Waals surface area (Å²) in [5, 5.41) is 8.84. The maximum atomic E-state index is 11.9. The number of rotatable bonds is 8. The molecule has 0 aliphatic heterocycles. The highest BCUT2D eigenvalue weighted by atomic mass is 32.2. The Morgan fingerprint density at radius 3 is 2.10 bits per heavy atom. The van der Waals surface area contributed by atoms with Crippen molar-refractivity contribution in [1.82, 2.24) is 5.48 Å². The van der Waals surface area contributed by atoms with Gasteiger partial charge in [0.1, 0.15) is 4.75 Å². The van der Waals surface area contributed by atoms with Crippen molar-refractivity contribution in [2.75, 3.05) is 6.26 Å². The van der Waals surface area contributed by atoms with Crippen molar-refractivity contribution >= 4 is 15.7 Å². The zero-order chi connectivity index (χ0) is 21.3. The molecule has 0 aliphatic carbocycles. The number of sulfone groups is 1. The van der Waals surface area contributed by atoms with E-state index in [1.165, 1.54) is 18.0 Å². The van der Waals surface area contributed by atoms with Crippen LogP contribution in [-0.4, -0.2) is 30.5 Å². The van der Waals surface area contributed by atoms with Gasteiger partial charge in [0, 0.05) is 17.4 Å². The fourth-order valence-corrected chi connectivity index (χ4v) is 3.87. The van der Waals surface area contributed by atoms with Crippen molar-refractivity contribution in [2.24, 2.45) is 0 Å². The summed E-state index contributed by atoms with van der Waals surface area (Å²) in [6.07, 6.45) is 4.32. The van der Waals surface area contributed by atoms with Crippen molar-refractivity contribution in [3.63, 3.8) is 0 Å². The summed E-state index contributed by atoms with van der Waals surface area (Å²) in [5.74, 6) is 5.39. The Morgan fingerprint density at radius 2 is 1.55 bits per heavy atom. The molecule has 2 aromatic carbocycles. The molecule has 2 aromatic rings. The molecule has 0 aromatic heterocycles. The highest BCUT2D eigenvalue weighted by Crippen LogP contribution is 2.24. The molecule has 154 valence electrons. The first-order valence-corrected chi connectivity index (χ1v) is 11.5. The van der Waals surface area contributed by atoms with Gasteiger partial charge in [0.15, 0.2) is 9.84 Å². The Morgan fingerprint density at radius 1 is 0.966 bits per heavy atom. The number of carbonyl (C=O) groups excluding carboxylic acids is 1. The fourth-order valence-electron chi connectivity index (χ4n) is 2.97. The Bertz CT molecular complexity index is 973. The standard InChI is InChI=1S/C23H27NO4S/c1-23(22(25)24-26,29(2,27)28)18-8-4-7-11-20-13-16-21(17-14-20)15-12-19-9-5-3-6-10-19/h3,5-6,9-10,13-14,16-17,26H,4,7-8,11,18H2,1-2H3,(H,24,25). The van der Waals surface area contributed by atoms with Crippen LogP contribution in [0.4, 0.5) is 0 Å². The van der Waals surface area contributed by atoms with Crippen LogP contribution in [0, 0.1) is 11.8 Å². The van der Waals surface area contributed by atoms with Crippen molar-refractivity contribution in [3.05, 3.63) is 71.3 Å². The van der Waals surface area contributed by atoms with E-state index in [0.717, 1.165) is 36.6 Å². The second-order valence-electron chi connectivity index (χ2n) is 7.32. The number of amides is 1. The number of unbranched alkanes of at least 4 members (excludes halogenated alkanes) is 2. The summed E-state index contributed by atoms with van der Waals surface area (Å²) in [4.78, 5) is 11.8. The quantitative estimate of drug-likeness (QED) is 0.300. The van der Waals surface area contributed by atoms with Crippen molar-refractivity contribution in [1.29, 1.82) is 0 Å². The van der Waals surface area contributed by atoms with Gasteiger partial charge in [-0.2, -0.15) is 0 Å². The molecule has 0 radical (unpaired) electrons. The number of hydrogen-bond donors (Lipinski definition) is 2. The monoisotopic (exact) mass is 413 g/mol. The predicted molar refractivity (Wildman–Crippen MR) is 114 cm³/mol. The maximum Gasteiger partial charge on any atom is 0.264 e. The van der Waals surface area contributed by atoms with Crippen LogP contribution in [0.2, 0.25) is 0 Å². The van der Waals surface area contributed by atoms with Crippen LogP contribution in [0.5, 0.6) is 0 Å². The lowest BCUT2D eigenvalue weighted by atomic mass is 9.99. The summed E-state index contributed by atoms with van der Waals surface area (Å²) in [7, 11) is -3.63. The normalized spacial score (nSPS) is 13.1. The lowest BCUT2D eigenvalue weighted by Gasteiger charge is -2.24. The largest absolute Gasteiger partial charge is 0.289 e. The number of nitrogens with one attached hydrogen (secondary N) is 1. The molecule has 2 N–H and O–H groups in total. The molecule has 0 saturated heterocycles. The Kier molecular flexibility index (Phi) is 8.00. The minimum atomic E-state index is -3.63. The summed E-state index contributed by atoms with van der Waals surface area (Å²) in [6, 6.07) is 17.9. The molecule has 0 bridgehead atoms. The van der Waals surface area contributed by atoms with Gasteiger partial charge in [-0.1, -0.05) is 55.0 Å². The van der Waals surface area contributed by atoms with Crippen LogP contribution < -0.4 is 5.48 Å². The Labute approximate surface area is 173 Å². The molecule has 1 amide bonds. The van der Waals surface area contributed by atoms with Gasteiger partial charge in [-0.15, -0.1) is 0 Å². The van der Waals surface area contributed by atoms with Crippen LogP contribution in [0.3, 0.4) is 0 Å². The molecular formula is C23H27NO4S. The highest BCUT2D eigenvalue weighted by Gasteiger charge is 2.42. The molecule has 0 saturated carbocycles. The third-order valence-corrected chi connectivity index (χ3v) is 7.12. The summed E-state index contributed by atoms with van der Waals surface area (Å²) in [5.41, 5.74) is 4.60. The third kappa shape index (κ3) is 6.45. The lowest BCUT2D eigenvalue weighted by Crippen LogP contribution is -2.49. The first-order chi connectivity index (χ1) is 13.8. The number of aryl methyl sites for hydroxylation is 1. The van der Waals surface area contributed by atoms with Crippen LogP contribution in [-0.2, 0) is 21.1 Å². The zero-order valence-electron chi connectivity index (χ0n) is 16.8. The van der Waals surface area contributed by atoms with Crippen LogP contribution in [0.15, 0.2) is 54.6 Å². The van der Waals surface area contributed by atoms with Gasteiger partial charge in [-0.05, 0) is 56.0 Å². The predicted octanol–water partition coefficient (Wildman–Crippen LogP) is 3.50. The summed E-state index contributed by atoms with van der Waals surface area (Å²) < 4.78 is 22.3. The number of benzene rings is 2. The second-order valence-corrected chi connectivity index (χ2v) is 9.76. The fraction of sp³-hybridized carbons (Fsp3) is 0.348. The molecule has 0 heterocycles. The minimum Gasteiger partial charge on any atom is -0.289 e. The molecule has 1 unspecified atom stereocenters. The molecule has 29 heavy (non-hydrogen) atoms. The molecular weight excluding hydrogens is 386 g/mol. The number of carbonyl (C=O) groups is 1. The highest BCUT2D eigenvalue weighted by molar-refractivity contribution is 7.92. The van der Waals surface area contributed by atoms with Gasteiger partial charge < -0.3 is 0 Å². The Balaban J connectivity index is 1.82. The van der Waals surface area contributed by atoms with Gasteiger partial charge in [0.25, 0.3) is 5.91 Å². The van der Waals surface area contributed by atoms with Gasteiger partial charge in [0.05, 0.1) is 0 Å². The SMILES string of the molecule is CC(CCCCCc1ccc(C#Cc2ccccc2)cc1)(C(=O)NO)S(C)(=O)=O. The van der Waals surface area contributed by atoms with E-state index in [1.54, 1.807) is 0 Å². The molecule has 1 atom stereocenters. The van der Waals surface area contributed by atoms with E-state index >= 15 is 0 Å². The van der Waals surface area contributed by atoms with E-state index in [0.29, 0.717) is 6.42 Å². The number of hydroxylamine groups is 1. The molecule has 0 aliphatic rings. The summed E-state index contributed by atoms with van der Waals surface area (Å²) in [6.45, 7) is 1.35. The zero-order valence-corrected chi connectivity index (χ0v) is 17.6. The van der Waals surface area contributed by atoms with Crippen molar-refractivity contribution < 1.29 is 18.4 Å². The lowest BCUT2D eigenvalue weighted by molar-refractivity contribution is -0.131.